The van der Waals surface area contributed by atoms with Crippen molar-refractivity contribution in [2.24, 2.45) is 17.8 Å². The first kappa shape index (κ1) is 59.4. The van der Waals surface area contributed by atoms with Crippen LogP contribution in [-0.2, 0) is 28.6 Å². The monoisotopic (exact) mass is 863 g/mol. The average Bonchev–Trinajstić information content (AvgIpc) is 3.23. The summed E-state index contributed by atoms with van der Waals surface area (Å²) in [6.45, 7) is 13.7. The summed E-state index contributed by atoms with van der Waals surface area (Å²) >= 11 is 0. The van der Waals surface area contributed by atoms with E-state index in [1.54, 1.807) is 0 Å². The number of esters is 3. The van der Waals surface area contributed by atoms with Crippen molar-refractivity contribution in [3.05, 3.63) is 0 Å². The Morgan fingerprint density at radius 1 is 0.328 bits per heavy atom. The van der Waals surface area contributed by atoms with Gasteiger partial charge in [0.2, 0.25) is 0 Å². The quantitative estimate of drug-likeness (QED) is 0.0344. The van der Waals surface area contributed by atoms with E-state index in [0.29, 0.717) is 19.3 Å². The molecule has 0 aromatic heterocycles. The smallest absolute Gasteiger partial charge is 0.306 e. The second kappa shape index (κ2) is 46.4. The molecule has 0 rings (SSSR count). The molecule has 1 unspecified atom stereocenters. The van der Waals surface area contributed by atoms with Gasteiger partial charge in [0, 0.05) is 19.3 Å². The van der Waals surface area contributed by atoms with Gasteiger partial charge in [0.25, 0.3) is 0 Å². The topological polar surface area (TPSA) is 78.9 Å². The molecule has 362 valence electrons. The van der Waals surface area contributed by atoms with Crippen LogP contribution < -0.4 is 0 Å². The standard InChI is InChI=1S/C55H106O6/c1-7-51(6)43-37-31-25-19-12-10-8-9-11-13-21-28-34-40-46-55(58)61-52(48-60-54(57)45-39-33-27-22-16-18-24-30-36-42-50(4)5)47-59-53(56)44-38-32-26-20-15-14-17-23-29-35-41-49(2)3/h49-52H,7-48H2,1-6H3/t51?,52-/m1/s1. The molecule has 0 radical (unpaired) electrons. The predicted molar refractivity (Wildman–Crippen MR) is 261 cm³/mol. The van der Waals surface area contributed by atoms with Gasteiger partial charge < -0.3 is 14.2 Å². The van der Waals surface area contributed by atoms with Gasteiger partial charge in [-0.15, -0.1) is 0 Å². The van der Waals surface area contributed by atoms with Crippen LogP contribution in [0, 0.1) is 17.8 Å². The molecule has 0 aliphatic carbocycles. The van der Waals surface area contributed by atoms with E-state index in [1.807, 2.05) is 0 Å². The summed E-state index contributed by atoms with van der Waals surface area (Å²) in [4.78, 5) is 38.0. The molecule has 0 saturated heterocycles. The van der Waals surface area contributed by atoms with Crippen LogP contribution in [0.3, 0.4) is 0 Å². The molecule has 0 aromatic rings. The largest absolute Gasteiger partial charge is 0.462 e. The van der Waals surface area contributed by atoms with Crippen LogP contribution in [0.4, 0.5) is 0 Å². The van der Waals surface area contributed by atoms with Crippen molar-refractivity contribution >= 4 is 17.9 Å². The molecule has 6 nitrogen and oxygen atoms in total. The van der Waals surface area contributed by atoms with Gasteiger partial charge in [0.1, 0.15) is 13.2 Å². The summed E-state index contributed by atoms with van der Waals surface area (Å²) in [7, 11) is 0. The van der Waals surface area contributed by atoms with Gasteiger partial charge in [-0.1, -0.05) is 260 Å². The molecular weight excluding hydrogens is 757 g/mol. The van der Waals surface area contributed by atoms with Gasteiger partial charge in [-0.05, 0) is 37.0 Å². The fourth-order valence-corrected chi connectivity index (χ4v) is 8.26. The normalized spacial score (nSPS) is 12.6. The Morgan fingerprint density at radius 3 is 0.852 bits per heavy atom. The average molecular weight is 863 g/mol. The Hall–Kier alpha value is -1.59. The maximum atomic E-state index is 12.8. The molecule has 0 spiro atoms. The number of unbranched alkanes of at least 4 members (excludes halogenated alkanes) is 30. The summed E-state index contributed by atoms with van der Waals surface area (Å²) < 4.78 is 16.8. The van der Waals surface area contributed by atoms with Gasteiger partial charge in [0.15, 0.2) is 6.10 Å². The van der Waals surface area contributed by atoms with E-state index in [0.717, 1.165) is 75.5 Å². The van der Waals surface area contributed by atoms with Gasteiger partial charge in [0.05, 0.1) is 0 Å². The van der Waals surface area contributed by atoms with Crippen LogP contribution in [0.1, 0.15) is 298 Å². The minimum Gasteiger partial charge on any atom is -0.462 e. The van der Waals surface area contributed by atoms with Crippen molar-refractivity contribution in [1.82, 2.24) is 0 Å². The molecule has 0 heterocycles. The molecule has 6 heteroatoms. The SMILES string of the molecule is CCC(C)CCCCCCCCCCCCCCCCC(=O)O[C@H](COC(=O)CCCCCCCCCCCCC(C)C)COC(=O)CCCCCCCCCCCC(C)C. The zero-order chi connectivity index (χ0) is 44.9. The second-order valence-corrected chi connectivity index (χ2v) is 20.1. The number of carbonyl (C=O) groups excluding carboxylic acids is 3. The van der Waals surface area contributed by atoms with Crippen molar-refractivity contribution in [2.45, 2.75) is 304 Å². The molecule has 0 saturated carbocycles. The van der Waals surface area contributed by atoms with Crippen LogP contribution in [0.25, 0.3) is 0 Å². The lowest BCUT2D eigenvalue weighted by atomic mass is 9.99. The van der Waals surface area contributed by atoms with E-state index >= 15 is 0 Å². The van der Waals surface area contributed by atoms with E-state index in [9.17, 15) is 14.4 Å². The Kier molecular flexibility index (Phi) is 45.2. The summed E-state index contributed by atoms with van der Waals surface area (Å²) in [6, 6.07) is 0. The van der Waals surface area contributed by atoms with E-state index in [4.69, 9.17) is 14.2 Å². The lowest BCUT2D eigenvalue weighted by Crippen LogP contribution is -2.30. The van der Waals surface area contributed by atoms with E-state index < -0.39 is 6.10 Å². The zero-order valence-electron chi connectivity index (χ0n) is 42.0. The lowest BCUT2D eigenvalue weighted by molar-refractivity contribution is -0.167. The first-order valence-electron chi connectivity index (χ1n) is 27.1. The first-order chi connectivity index (χ1) is 29.6. The summed E-state index contributed by atoms with van der Waals surface area (Å²) in [6.07, 6.45) is 46.6. The van der Waals surface area contributed by atoms with Gasteiger partial charge in [-0.3, -0.25) is 14.4 Å². The minimum atomic E-state index is -0.763. The summed E-state index contributed by atoms with van der Waals surface area (Å²) in [5.74, 6) is 1.67. The number of hydrogen-bond donors (Lipinski definition) is 0. The highest BCUT2D eigenvalue weighted by molar-refractivity contribution is 5.71. The fourth-order valence-electron chi connectivity index (χ4n) is 8.26. The molecule has 0 N–H and O–H groups in total. The maximum absolute atomic E-state index is 12.8. The number of hydrogen-bond acceptors (Lipinski definition) is 6. The van der Waals surface area contributed by atoms with Crippen LogP contribution in [-0.4, -0.2) is 37.2 Å². The zero-order valence-corrected chi connectivity index (χ0v) is 42.0. The Morgan fingerprint density at radius 2 is 0.574 bits per heavy atom. The predicted octanol–water partition coefficient (Wildman–Crippen LogP) is 17.6. The first-order valence-corrected chi connectivity index (χ1v) is 27.1. The Labute approximate surface area is 380 Å². The van der Waals surface area contributed by atoms with Crippen LogP contribution >= 0.6 is 0 Å². The van der Waals surface area contributed by atoms with E-state index in [-0.39, 0.29) is 31.1 Å². The Bertz CT molecular complexity index is 947. The number of carbonyl (C=O) groups is 3. The Balaban J connectivity index is 4.30. The highest BCUT2D eigenvalue weighted by atomic mass is 16.6. The molecule has 2 atom stereocenters. The van der Waals surface area contributed by atoms with Crippen LogP contribution in [0.15, 0.2) is 0 Å². The van der Waals surface area contributed by atoms with E-state index in [2.05, 4.69) is 41.5 Å². The van der Waals surface area contributed by atoms with Gasteiger partial charge >= 0.3 is 17.9 Å². The van der Waals surface area contributed by atoms with Crippen molar-refractivity contribution in [3.8, 4) is 0 Å². The highest BCUT2D eigenvalue weighted by Crippen LogP contribution is 2.18. The van der Waals surface area contributed by atoms with Crippen molar-refractivity contribution in [2.75, 3.05) is 13.2 Å². The lowest BCUT2D eigenvalue weighted by Gasteiger charge is -2.18. The fraction of sp³-hybridized carbons (Fsp3) is 0.945. The third kappa shape index (κ3) is 47.7. The van der Waals surface area contributed by atoms with Crippen LogP contribution in [0.2, 0.25) is 0 Å². The molecule has 0 aromatic carbocycles. The third-order valence-corrected chi connectivity index (χ3v) is 12.8. The summed E-state index contributed by atoms with van der Waals surface area (Å²) in [5, 5.41) is 0. The highest BCUT2D eigenvalue weighted by Gasteiger charge is 2.19. The van der Waals surface area contributed by atoms with Gasteiger partial charge in [-0.2, -0.15) is 0 Å². The molecule has 0 aliphatic heterocycles. The van der Waals surface area contributed by atoms with E-state index in [1.165, 1.54) is 180 Å². The molecule has 0 aliphatic rings. The third-order valence-electron chi connectivity index (χ3n) is 12.8. The minimum absolute atomic E-state index is 0.0646. The molecular formula is C55H106O6. The van der Waals surface area contributed by atoms with Gasteiger partial charge in [-0.25, -0.2) is 0 Å². The number of ether oxygens (including phenoxy) is 3. The van der Waals surface area contributed by atoms with Crippen LogP contribution in [0.5, 0.6) is 0 Å². The van der Waals surface area contributed by atoms with Crippen molar-refractivity contribution < 1.29 is 28.6 Å². The maximum Gasteiger partial charge on any atom is 0.306 e. The molecule has 61 heavy (non-hydrogen) atoms. The molecule has 0 fully saturated rings. The molecule has 0 bridgehead atoms. The van der Waals surface area contributed by atoms with Crippen molar-refractivity contribution in [3.63, 3.8) is 0 Å². The van der Waals surface area contributed by atoms with Crippen molar-refractivity contribution in [1.29, 1.82) is 0 Å². The summed E-state index contributed by atoms with van der Waals surface area (Å²) in [5.41, 5.74) is 0. The molecule has 0 amide bonds. The number of rotatable bonds is 48. The second-order valence-electron chi connectivity index (χ2n) is 20.1.